The Kier molecular flexibility index (Phi) is 6.68. The van der Waals surface area contributed by atoms with Gasteiger partial charge < -0.3 is 9.64 Å². The van der Waals surface area contributed by atoms with Crippen molar-refractivity contribution in [2.75, 3.05) is 11.4 Å². The first-order valence-electron chi connectivity index (χ1n) is 10.6. The van der Waals surface area contributed by atoms with E-state index >= 15 is 0 Å². The van der Waals surface area contributed by atoms with E-state index in [2.05, 4.69) is 23.7 Å². The van der Waals surface area contributed by atoms with Crippen molar-refractivity contribution < 1.29 is 4.74 Å². The Morgan fingerprint density at radius 3 is 2.84 bits per heavy atom. The molecule has 3 heterocycles. The summed E-state index contributed by atoms with van der Waals surface area (Å²) in [7, 11) is 0. The smallest absolute Gasteiger partial charge is 0.234 e. The van der Waals surface area contributed by atoms with Crippen LogP contribution in [0.1, 0.15) is 49.6 Å². The highest BCUT2D eigenvalue weighted by atomic mass is 35.5. The van der Waals surface area contributed by atoms with E-state index < -0.39 is 0 Å². The highest BCUT2D eigenvalue weighted by molar-refractivity contribution is 6.30. The van der Waals surface area contributed by atoms with Crippen LogP contribution in [0, 0.1) is 12.8 Å². The van der Waals surface area contributed by atoms with Crippen molar-refractivity contribution in [3.63, 3.8) is 0 Å². The number of ether oxygens (including phenoxy) is 1. The summed E-state index contributed by atoms with van der Waals surface area (Å²) in [5.41, 5.74) is 3.05. The Labute approximate surface area is 193 Å². The quantitative estimate of drug-likeness (QED) is 0.442. The molecular formula is C23H27Cl2N5O. The van der Waals surface area contributed by atoms with E-state index in [9.17, 15) is 0 Å². The Bertz CT molecular complexity index is 1050. The van der Waals surface area contributed by atoms with E-state index in [1.165, 1.54) is 0 Å². The van der Waals surface area contributed by atoms with Gasteiger partial charge >= 0.3 is 0 Å². The highest BCUT2D eigenvalue weighted by Gasteiger charge is 2.32. The summed E-state index contributed by atoms with van der Waals surface area (Å²) in [6.07, 6.45) is 5.48. The largest absolute Gasteiger partial charge is 0.472 e. The summed E-state index contributed by atoms with van der Waals surface area (Å²) in [6.45, 7) is 8.44. The average Bonchev–Trinajstić information content (AvgIpc) is 3.30. The SMILES string of the molecule is Cc1nn(CC(C)C)c(Cl)c1C1CCCN1c1cncc(OCc2cccc(Cl)c2)n1. The van der Waals surface area contributed by atoms with Crippen molar-refractivity contribution in [2.24, 2.45) is 5.92 Å². The third kappa shape index (κ3) is 4.96. The Hall–Kier alpha value is -2.31. The van der Waals surface area contributed by atoms with Gasteiger partial charge in [-0.3, -0.25) is 9.67 Å². The van der Waals surface area contributed by atoms with Gasteiger partial charge in [-0.1, -0.05) is 49.2 Å². The van der Waals surface area contributed by atoms with Crippen molar-refractivity contribution in [2.45, 2.75) is 52.8 Å². The van der Waals surface area contributed by atoms with E-state index in [0.29, 0.717) is 23.4 Å². The topological polar surface area (TPSA) is 56.1 Å². The van der Waals surface area contributed by atoms with Crippen LogP contribution in [0.4, 0.5) is 5.82 Å². The molecular weight excluding hydrogens is 433 g/mol. The lowest BCUT2D eigenvalue weighted by atomic mass is 10.1. The molecule has 0 radical (unpaired) electrons. The first kappa shape index (κ1) is 21.9. The molecule has 0 saturated carbocycles. The van der Waals surface area contributed by atoms with Gasteiger partial charge in [0, 0.05) is 23.7 Å². The van der Waals surface area contributed by atoms with Crippen molar-refractivity contribution in [1.82, 2.24) is 19.7 Å². The molecule has 6 nitrogen and oxygen atoms in total. The summed E-state index contributed by atoms with van der Waals surface area (Å²) in [6, 6.07) is 7.73. The summed E-state index contributed by atoms with van der Waals surface area (Å²) in [5.74, 6) is 1.75. The van der Waals surface area contributed by atoms with E-state index in [4.69, 9.17) is 38.0 Å². The Morgan fingerprint density at radius 1 is 1.23 bits per heavy atom. The molecule has 8 heteroatoms. The molecule has 2 aromatic heterocycles. The summed E-state index contributed by atoms with van der Waals surface area (Å²) in [4.78, 5) is 11.3. The minimum Gasteiger partial charge on any atom is -0.472 e. The summed E-state index contributed by atoms with van der Waals surface area (Å²) in [5, 5.41) is 6.11. The molecule has 0 aliphatic carbocycles. The number of hydrogen-bond acceptors (Lipinski definition) is 5. The van der Waals surface area contributed by atoms with Crippen LogP contribution in [0.5, 0.6) is 5.88 Å². The molecule has 0 N–H and O–H groups in total. The zero-order valence-electron chi connectivity index (χ0n) is 18.1. The minimum atomic E-state index is 0.130. The van der Waals surface area contributed by atoms with Crippen LogP contribution in [-0.4, -0.2) is 26.3 Å². The number of aromatic nitrogens is 4. The lowest BCUT2D eigenvalue weighted by Crippen LogP contribution is -2.24. The van der Waals surface area contributed by atoms with Crippen molar-refractivity contribution in [3.8, 4) is 5.88 Å². The highest BCUT2D eigenvalue weighted by Crippen LogP contribution is 2.40. The van der Waals surface area contributed by atoms with E-state index in [0.717, 1.165) is 53.7 Å². The van der Waals surface area contributed by atoms with Crippen LogP contribution in [0.2, 0.25) is 10.2 Å². The maximum absolute atomic E-state index is 6.77. The van der Waals surface area contributed by atoms with E-state index in [-0.39, 0.29) is 6.04 Å². The zero-order chi connectivity index (χ0) is 22.0. The standard InChI is InChI=1S/C23H27Cl2N5O/c1-15(2)13-30-23(25)22(16(3)28-30)19-8-5-9-29(19)20-11-26-12-21(27-20)31-14-17-6-4-7-18(24)10-17/h4,6-7,10-12,15,19H,5,8-9,13-14H2,1-3H3. The second-order valence-electron chi connectivity index (χ2n) is 8.35. The molecule has 1 unspecified atom stereocenters. The van der Waals surface area contributed by atoms with Crippen LogP contribution < -0.4 is 9.64 Å². The maximum Gasteiger partial charge on any atom is 0.234 e. The number of rotatable bonds is 7. The maximum atomic E-state index is 6.77. The van der Waals surface area contributed by atoms with Gasteiger partial charge in [0.05, 0.1) is 24.1 Å². The minimum absolute atomic E-state index is 0.130. The lowest BCUT2D eigenvalue weighted by Gasteiger charge is -2.26. The molecule has 1 aliphatic rings. The number of anilines is 1. The number of aryl methyl sites for hydroxylation is 1. The van der Waals surface area contributed by atoms with Crippen molar-refractivity contribution >= 4 is 29.0 Å². The Balaban J connectivity index is 1.54. The normalized spacial score (nSPS) is 16.3. The predicted molar refractivity (Wildman–Crippen MR) is 124 cm³/mol. The van der Waals surface area contributed by atoms with Crippen molar-refractivity contribution in [3.05, 3.63) is 63.7 Å². The van der Waals surface area contributed by atoms with Gasteiger partial charge in [-0.05, 0) is 43.4 Å². The first-order valence-corrected chi connectivity index (χ1v) is 11.4. The van der Waals surface area contributed by atoms with Gasteiger partial charge in [0.25, 0.3) is 0 Å². The van der Waals surface area contributed by atoms with Crippen LogP contribution in [0.15, 0.2) is 36.7 Å². The number of benzene rings is 1. The molecule has 0 amide bonds. The molecule has 1 aromatic carbocycles. The monoisotopic (exact) mass is 459 g/mol. The Morgan fingerprint density at radius 2 is 2.06 bits per heavy atom. The van der Waals surface area contributed by atoms with Gasteiger partial charge in [-0.2, -0.15) is 10.1 Å². The average molecular weight is 460 g/mol. The van der Waals surface area contributed by atoms with Crippen LogP contribution in [0.3, 0.4) is 0 Å². The second-order valence-corrected chi connectivity index (χ2v) is 9.15. The molecule has 1 aliphatic heterocycles. The lowest BCUT2D eigenvalue weighted by molar-refractivity contribution is 0.292. The predicted octanol–water partition coefficient (Wildman–Crippen LogP) is 5.86. The van der Waals surface area contributed by atoms with E-state index in [1.807, 2.05) is 35.9 Å². The first-order chi connectivity index (χ1) is 14.9. The van der Waals surface area contributed by atoms with Crippen LogP contribution in [-0.2, 0) is 13.2 Å². The molecule has 0 spiro atoms. The second kappa shape index (κ2) is 9.45. The molecule has 31 heavy (non-hydrogen) atoms. The molecule has 0 bridgehead atoms. The molecule has 4 rings (SSSR count). The third-order valence-corrected chi connectivity index (χ3v) is 6.04. The molecule has 1 saturated heterocycles. The number of hydrogen-bond donors (Lipinski definition) is 0. The molecule has 3 aromatic rings. The van der Waals surface area contributed by atoms with Crippen LogP contribution >= 0.6 is 23.2 Å². The summed E-state index contributed by atoms with van der Waals surface area (Å²) >= 11 is 12.8. The van der Waals surface area contributed by atoms with Gasteiger partial charge in [-0.15, -0.1) is 0 Å². The fraction of sp³-hybridized carbons (Fsp3) is 0.435. The summed E-state index contributed by atoms with van der Waals surface area (Å²) < 4.78 is 7.80. The third-order valence-electron chi connectivity index (χ3n) is 5.40. The number of nitrogens with zero attached hydrogens (tertiary/aromatic N) is 5. The zero-order valence-corrected chi connectivity index (χ0v) is 19.6. The van der Waals surface area contributed by atoms with Gasteiger partial charge in [0.1, 0.15) is 11.8 Å². The fourth-order valence-corrected chi connectivity index (χ4v) is 4.67. The van der Waals surface area contributed by atoms with Gasteiger partial charge in [-0.25, -0.2) is 0 Å². The fourth-order valence-electron chi connectivity index (χ4n) is 4.08. The van der Waals surface area contributed by atoms with Gasteiger partial charge in [0.2, 0.25) is 5.88 Å². The van der Waals surface area contributed by atoms with E-state index in [1.54, 1.807) is 12.4 Å². The molecule has 164 valence electrons. The number of halogens is 2. The van der Waals surface area contributed by atoms with Crippen LogP contribution in [0.25, 0.3) is 0 Å². The molecule has 1 fully saturated rings. The van der Waals surface area contributed by atoms with Crippen molar-refractivity contribution in [1.29, 1.82) is 0 Å². The molecule has 1 atom stereocenters. The van der Waals surface area contributed by atoms with Gasteiger partial charge in [0.15, 0.2) is 5.82 Å².